The Labute approximate surface area is 123 Å². The van der Waals surface area contributed by atoms with Crippen molar-refractivity contribution >= 4 is 21.7 Å². The standard InChI is InChI=1S/C15H11BrF2O2/c1-9(19)10-5-6-14(13(18)7-10)20-8-11-3-2-4-12(17)15(11)16/h2-7H,8H2,1H3. The van der Waals surface area contributed by atoms with E-state index in [-0.39, 0.29) is 23.7 Å². The normalized spacial score (nSPS) is 10.4. The van der Waals surface area contributed by atoms with E-state index < -0.39 is 11.6 Å². The first-order valence-corrected chi connectivity index (χ1v) is 6.64. The molecule has 2 aromatic carbocycles. The van der Waals surface area contributed by atoms with Gasteiger partial charge in [-0.15, -0.1) is 0 Å². The van der Waals surface area contributed by atoms with Gasteiger partial charge < -0.3 is 4.74 Å². The summed E-state index contributed by atoms with van der Waals surface area (Å²) in [5.41, 5.74) is 0.849. The number of rotatable bonds is 4. The van der Waals surface area contributed by atoms with Gasteiger partial charge in [-0.1, -0.05) is 12.1 Å². The molecular formula is C15H11BrF2O2. The van der Waals surface area contributed by atoms with E-state index in [0.29, 0.717) is 10.0 Å². The van der Waals surface area contributed by atoms with E-state index in [4.69, 9.17) is 4.74 Å². The van der Waals surface area contributed by atoms with Crippen molar-refractivity contribution in [2.24, 2.45) is 0 Å². The van der Waals surface area contributed by atoms with E-state index in [1.165, 1.54) is 25.1 Å². The maximum absolute atomic E-state index is 13.7. The Hall–Kier alpha value is -1.75. The molecule has 0 N–H and O–H groups in total. The Morgan fingerprint density at radius 3 is 2.60 bits per heavy atom. The third-order valence-corrected chi connectivity index (χ3v) is 3.64. The minimum absolute atomic E-state index is 0.0196. The van der Waals surface area contributed by atoms with E-state index >= 15 is 0 Å². The van der Waals surface area contributed by atoms with Crippen molar-refractivity contribution in [1.82, 2.24) is 0 Å². The average molecular weight is 341 g/mol. The predicted octanol–water partition coefficient (Wildman–Crippen LogP) is 4.51. The highest BCUT2D eigenvalue weighted by atomic mass is 79.9. The third-order valence-electron chi connectivity index (χ3n) is 2.75. The lowest BCUT2D eigenvalue weighted by Crippen LogP contribution is -2.01. The van der Waals surface area contributed by atoms with Gasteiger partial charge in [0.15, 0.2) is 17.3 Å². The largest absolute Gasteiger partial charge is 0.486 e. The number of ketones is 1. The van der Waals surface area contributed by atoms with Gasteiger partial charge in [-0.2, -0.15) is 0 Å². The summed E-state index contributed by atoms with van der Waals surface area (Å²) in [6.07, 6.45) is 0. The van der Waals surface area contributed by atoms with Crippen LogP contribution in [-0.4, -0.2) is 5.78 Å². The number of Topliss-reactive ketones (excluding diaryl/α,β-unsaturated/α-hetero) is 1. The molecule has 0 aromatic heterocycles. The number of hydrogen-bond acceptors (Lipinski definition) is 2. The summed E-state index contributed by atoms with van der Waals surface area (Å²) in [5, 5.41) is 0. The zero-order valence-corrected chi connectivity index (χ0v) is 12.2. The fraction of sp³-hybridized carbons (Fsp3) is 0.133. The smallest absolute Gasteiger partial charge is 0.165 e. The lowest BCUT2D eigenvalue weighted by atomic mass is 10.1. The molecule has 0 atom stereocenters. The van der Waals surface area contributed by atoms with Crippen LogP contribution in [-0.2, 0) is 6.61 Å². The Morgan fingerprint density at radius 1 is 1.20 bits per heavy atom. The fourth-order valence-electron chi connectivity index (χ4n) is 1.65. The molecule has 20 heavy (non-hydrogen) atoms. The van der Waals surface area contributed by atoms with Crippen LogP contribution >= 0.6 is 15.9 Å². The van der Waals surface area contributed by atoms with Crippen molar-refractivity contribution in [3.8, 4) is 5.75 Å². The number of carbonyl (C=O) groups excluding carboxylic acids is 1. The molecule has 0 radical (unpaired) electrons. The van der Waals surface area contributed by atoms with Crippen LogP contribution in [0.3, 0.4) is 0 Å². The molecule has 0 heterocycles. The Kier molecular flexibility index (Phi) is 4.49. The average Bonchev–Trinajstić information content (AvgIpc) is 2.41. The Morgan fingerprint density at radius 2 is 1.95 bits per heavy atom. The number of ether oxygens (including phenoxy) is 1. The third kappa shape index (κ3) is 3.22. The summed E-state index contributed by atoms with van der Waals surface area (Å²) in [6.45, 7) is 1.38. The highest BCUT2D eigenvalue weighted by Gasteiger charge is 2.10. The number of halogens is 3. The molecule has 0 unspecified atom stereocenters. The van der Waals surface area contributed by atoms with Gasteiger partial charge >= 0.3 is 0 Å². The van der Waals surface area contributed by atoms with Crippen LogP contribution < -0.4 is 4.74 Å². The van der Waals surface area contributed by atoms with Gasteiger partial charge in [0, 0.05) is 11.1 Å². The highest BCUT2D eigenvalue weighted by Crippen LogP contribution is 2.24. The second kappa shape index (κ2) is 6.13. The van der Waals surface area contributed by atoms with Gasteiger partial charge in [-0.3, -0.25) is 4.79 Å². The first-order chi connectivity index (χ1) is 9.49. The summed E-state index contributed by atoms with van der Waals surface area (Å²) in [7, 11) is 0. The van der Waals surface area contributed by atoms with Crippen LogP contribution in [0.25, 0.3) is 0 Å². The second-order valence-corrected chi connectivity index (χ2v) is 5.00. The molecule has 2 rings (SSSR count). The van der Waals surface area contributed by atoms with Crippen LogP contribution in [0.5, 0.6) is 5.75 Å². The quantitative estimate of drug-likeness (QED) is 0.765. The lowest BCUT2D eigenvalue weighted by molar-refractivity contribution is 0.101. The minimum atomic E-state index is -0.620. The topological polar surface area (TPSA) is 26.3 Å². The SMILES string of the molecule is CC(=O)c1ccc(OCc2cccc(F)c2Br)c(F)c1. The van der Waals surface area contributed by atoms with Gasteiger partial charge in [0.2, 0.25) is 0 Å². The molecule has 2 aromatic rings. The molecule has 0 saturated heterocycles. The fourth-order valence-corrected chi connectivity index (χ4v) is 2.03. The highest BCUT2D eigenvalue weighted by molar-refractivity contribution is 9.10. The van der Waals surface area contributed by atoms with Crippen molar-refractivity contribution in [2.75, 3.05) is 0 Å². The monoisotopic (exact) mass is 340 g/mol. The zero-order chi connectivity index (χ0) is 14.7. The van der Waals surface area contributed by atoms with Crippen LogP contribution in [0.4, 0.5) is 8.78 Å². The van der Waals surface area contributed by atoms with E-state index in [2.05, 4.69) is 15.9 Å². The minimum Gasteiger partial charge on any atom is -0.486 e. The lowest BCUT2D eigenvalue weighted by Gasteiger charge is -2.09. The van der Waals surface area contributed by atoms with Crippen LogP contribution in [0, 0.1) is 11.6 Å². The van der Waals surface area contributed by atoms with Gasteiger partial charge in [0.1, 0.15) is 12.4 Å². The number of benzene rings is 2. The van der Waals surface area contributed by atoms with Crippen molar-refractivity contribution in [1.29, 1.82) is 0 Å². The van der Waals surface area contributed by atoms with Crippen LogP contribution in [0.1, 0.15) is 22.8 Å². The van der Waals surface area contributed by atoms with E-state index in [9.17, 15) is 13.6 Å². The summed E-state index contributed by atoms with van der Waals surface area (Å²) in [5.74, 6) is -1.22. The molecule has 5 heteroatoms. The zero-order valence-electron chi connectivity index (χ0n) is 10.6. The Bertz CT molecular complexity index is 656. The maximum atomic E-state index is 13.7. The molecule has 0 spiro atoms. The molecule has 2 nitrogen and oxygen atoms in total. The second-order valence-electron chi connectivity index (χ2n) is 4.20. The molecule has 0 amide bonds. The molecule has 0 aliphatic carbocycles. The molecule has 0 bridgehead atoms. The summed E-state index contributed by atoms with van der Waals surface area (Å²) < 4.78 is 32.6. The Balaban J connectivity index is 2.15. The number of carbonyl (C=O) groups is 1. The van der Waals surface area contributed by atoms with Crippen molar-refractivity contribution in [3.63, 3.8) is 0 Å². The van der Waals surface area contributed by atoms with Crippen molar-refractivity contribution < 1.29 is 18.3 Å². The van der Waals surface area contributed by atoms with Crippen LogP contribution in [0.2, 0.25) is 0 Å². The van der Waals surface area contributed by atoms with Gasteiger partial charge in [-0.05, 0) is 47.1 Å². The van der Waals surface area contributed by atoms with E-state index in [0.717, 1.165) is 6.07 Å². The molecule has 0 saturated carbocycles. The first kappa shape index (κ1) is 14.7. The summed E-state index contributed by atoms with van der Waals surface area (Å²) in [6, 6.07) is 8.54. The maximum Gasteiger partial charge on any atom is 0.165 e. The molecule has 0 fully saturated rings. The number of hydrogen-bond donors (Lipinski definition) is 0. The van der Waals surface area contributed by atoms with Crippen molar-refractivity contribution in [2.45, 2.75) is 13.5 Å². The van der Waals surface area contributed by atoms with Crippen LogP contribution in [0.15, 0.2) is 40.9 Å². The van der Waals surface area contributed by atoms with Crippen molar-refractivity contribution in [3.05, 3.63) is 63.6 Å². The van der Waals surface area contributed by atoms with Gasteiger partial charge in [-0.25, -0.2) is 8.78 Å². The summed E-state index contributed by atoms with van der Waals surface area (Å²) >= 11 is 3.11. The first-order valence-electron chi connectivity index (χ1n) is 5.85. The molecule has 0 aliphatic rings. The predicted molar refractivity (Wildman–Crippen MR) is 74.8 cm³/mol. The molecular weight excluding hydrogens is 330 g/mol. The van der Waals surface area contributed by atoms with Gasteiger partial charge in [0.25, 0.3) is 0 Å². The summed E-state index contributed by atoms with van der Waals surface area (Å²) in [4.78, 5) is 11.1. The van der Waals surface area contributed by atoms with Gasteiger partial charge in [0.05, 0.1) is 4.47 Å². The van der Waals surface area contributed by atoms with E-state index in [1.807, 2.05) is 0 Å². The molecule has 104 valence electrons. The molecule has 0 aliphatic heterocycles. The van der Waals surface area contributed by atoms with E-state index in [1.54, 1.807) is 12.1 Å².